The van der Waals surface area contributed by atoms with E-state index in [0.29, 0.717) is 11.4 Å². The quantitative estimate of drug-likeness (QED) is 0.631. The van der Waals surface area contributed by atoms with Crippen molar-refractivity contribution in [1.82, 2.24) is 10.4 Å². The highest BCUT2D eigenvalue weighted by molar-refractivity contribution is 5.99. The van der Waals surface area contributed by atoms with Gasteiger partial charge in [0.15, 0.2) is 0 Å². The highest BCUT2D eigenvalue weighted by Crippen LogP contribution is 2.33. The van der Waals surface area contributed by atoms with Crippen molar-refractivity contribution in [3.8, 4) is 5.75 Å². The second kappa shape index (κ2) is 8.63. The number of aliphatic imine (C=N–C) groups is 2. The van der Waals surface area contributed by atoms with Gasteiger partial charge in [-0.15, -0.1) is 0 Å². The first-order valence-electron chi connectivity index (χ1n) is 9.17. The summed E-state index contributed by atoms with van der Waals surface area (Å²) in [6.45, 7) is 7.61. The molecule has 1 heterocycles. The third kappa shape index (κ3) is 4.93. The lowest BCUT2D eigenvalue weighted by atomic mass is 10.1. The Morgan fingerprint density at radius 2 is 1.90 bits per heavy atom. The van der Waals surface area contributed by atoms with Crippen LogP contribution in [0.3, 0.4) is 0 Å². The third-order valence-corrected chi connectivity index (χ3v) is 4.43. The van der Waals surface area contributed by atoms with Crippen LogP contribution in [0, 0.1) is 5.82 Å². The fourth-order valence-electron chi connectivity index (χ4n) is 2.86. The molecule has 9 heteroatoms. The summed E-state index contributed by atoms with van der Waals surface area (Å²) in [5.74, 6) is -0.0839. The number of guanidine groups is 1. The van der Waals surface area contributed by atoms with E-state index in [0.717, 1.165) is 17.7 Å². The van der Waals surface area contributed by atoms with Crippen molar-refractivity contribution in [3.05, 3.63) is 77.3 Å². The minimum Gasteiger partial charge on any atom is -0.494 e. The molecular formula is C22H20F4N4O. The standard InChI is InChI=1S/C22H20F4N4O/c1-13(2)19-12-27-21(28-18-11-17(23)8-9-20(18)31-4)29-30(19)14(3)15-6-5-7-16(10-15)22(24,25)26/h5-12H,3H2,1-2,4H3,(H,28,29). The van der Waals surface area contributed by atoms with E-state index < -0.39 is 17.6 Å². The molecule has 1 aliphatic heterocycles. The maximum absolute atomic E-state index is 13.7. The van der Waals surface area contributed by atoms with Crippen molar-refractivity contribution in [2.24, 2.45) is 9.98 Å². The Kier molecular flexibility index (Phi) is 6.14. The molecule has 2 aromatic rings. The van der Waals surface area contributed by atoms with Gasteiger partial charge in [0.25, 0.3) is 0 Å². The van der Waals surface area contributed by atoms with Crippen LogP contribution in [0.1, 0.15) is 25.0 Å². The number of ether oxygens (including phenoxy) is 1. The summed E-state index contributed by atoms with van der Waals surface area (Å²) in [5.41, 5.74) is 4.30. The van der Waals surface area contributed by atoms with Gasteiger partial charge in [0.1, 0.15) is 17.3 Å². The number of methoxy groups -OCH3 is 1. The predicted molar refractivity (Wildman–Crippen MR) is 112 cm³/mol. The number of nitrogens with zero attached hydrogens (tertiary/aromatic N) is 3. The van der Waals surface area contributed by atoms with Crippen LogP contribution < -0.4 is 10.2 Å². The van der Waals surface area contributed by atoms with E-state index in [2.05, 4.69) is 22.0 Å². The number of nitrogens with one attached hydrogen (secondary N) is 1. The Balaban J connectivity index is 2.00. The SMILES string of the molecule is C=C(c1cccc(C(F)(F)F)c1)N1NC(=Nc2cc(F)ccc2OC)N=CC1=C(C)C. The van der Waals surface area contributed by atoms with Crippen LogP contribution >= 0.6 is 0 Å². The maximum atomic E-state index is 13.7. The fraction of sp³-hybridized carbons (Fsp3) is 0.182. The monoisotopic (exact) mass is 432 g/mol. The molecule has 3 rings (SSSR count). The van der Waals surface area contributed by atoms with Crippen molar-refractivity contribution in [2.45, 2.75) is 20.0 Å². The zero-order valence-corrected chi connectivity index (χ0v) is 17.1. The minimum atomic E-state index is -4.48. The first kappa shape index (κ1) is 22.1. The van der Waals surface area contributed by atoms with E-state index in [-0.39, 0.29) is 22.9 Å². The number of benzene rings is 2. The van der Waals surface area contributed by atoms with Gasteiger partial charge < -0.3 is 4.74 Å². The van der Waals surface area contributed by atoms with Gasteiger partial charge in [0, 0.05) is 11.6 Å². The lowest BCUT2D eigenvalue weighted by molar-refractivity contribution is -0.137. The normalized spacial score (nSPS) is 15.1. The van der Waals surface area contributed by atoms with Gasteiger partial charge in [-0.05, 0) is 43.7 Å². The van der Waals surface area contributed by atoms with Gasteiger partial charge in [-0.2, -0.15) is 13.2 Å². The molecule has 2 aromatic carbocycles. The lowest BCUT2D eigenvalue weighted by Gasteiger charge is -2.32. The van der Waals surface area contributed by atoms with E-state index >= 15 is 0 Å². The van der Waals surface area contributed by atoms with Crippen LogP contribution in [-0.2, 0) is 6.18 Å². The Hall–Kier alpha value is -3.62. The second-order valence-corrected chi connectivity index (χ2v) is 6.87. The number of alkyl halides is 3. The molecule has 0 bridgehead atoms. The summed E-state index contributed by atoms with van der Waals surface area (Å²) in [7, 11) is 1.43. The molecule has 0 unspecified atom stereocenters. The molecule has 0 spiro atoms. The lowest BCUT2D eigenvalue weighted by Crippen LogP contribution is -2.43. The molecule has 5 nitrogen and oxygen atoms in total. The molecule has 0 amide bonds. The van der Waals surface area contributed by atoms with Crippen molar-refractivity contribution >= 4 is 23.6 Å². The first-order valence-corrected chi connectivity index (χ1v) is 9.17. The largest absolute Gasteiger partial charge is 0.494 e. The number of halogens is 4. The van der Waals surface area contributed by atoms with Gasteiger partial charge in [-0.3, -0.25) is 10.4 Å². The smallest absolute Gasteiger partial charge is 0.416 e. The molecule has 0 fully saturated rings. The second-order valence-electron chi connectivity index (χ2n) is 6.87. The summed E-state index contributed by atoms with van der Waals surface area (Å²) in [5, 5.41) is 1.49. The van der Waals surface area contributed by atoms with E-state index in [1.807, 2.05) is 13.8 Å². The molecule has 0 atom stereocenters. The van der Waals surface area contributed by atoms with E-state index in [4.69, 9.17) is 4.74 Å². The third-order valence-electron chi connectivity index (χ3n) is 4.43. The van der Waals surface area contributed by atoms with Gasteiger partial charge in [0.2, 0.25) is 5.96 Å². The van der Waals surface area contributed by atoms with E-state index in [1.54, 1.807) is 0 Å². The number of allylic oxidation sites excluding steroid dienone is 2. The van der Waals surface area contributed by atoms with Crippen LogP contribution in [0.5, 0.6) is 5.75 Å². The first-order chi connectivity index (χ1) is 14.6. The van der Waals surface area contributed by atoms with Crippen LogP contribution in [-0.4, -0.2) is 24.3 Å². The highest BCUT2D eigenvalue weighted by Gasteiger charge is 2.31. The molecule has 1 aliphatic rings. The highest BCUT2D eigenvalue weighted by atomic mass is 19.4. The Labute approximate surface area is 177 Å². The van der Waals surface area contributed by atoms with Crippen molar-refractivity contribution < 1.29 is 22.3 Å². The maximum Gasteiger partial charge on any atom is 0.416 e. The van der Waals surface area contributed by atoms with E-state index in [1.165, 1.54) is 48.7 Å². The zero-order chi connectivity index (χ0) is 22.8. The van der Waals surface area contributed by atoms with Crippen LogP contribution in [0.4, 0.5) is 23.2 Å². The van der Waals surface area contributed by atoms with Crippen molar-refractivity contribution in [1.29, 1.82) is 0 Å². The van der Waals surface area contributed by atoms with E-state index in [9.17, 15) is 17.6 Å². The molecule has 31 heavy (non-hydrogen) atoms. The van der Waals surface area contributed by atoms with Crippen molar-refractivity contribution in [2.75, 3.05) is 7.11 Å². The van der Waals surface area contributed by atoms with Gasteiger partial charge in [-0.25, -0.2) is 14.4 Å². The number of hydrogen-bond donors (Lipinski definition) is 1. The topological polar surface area (TPSA) is 49.2 Å². The molecule has 0 aromatic heterocycles. The summed E-state index contributed by atoms with van der Waals surface area (Å²) >= 11 is 0. The van der Waals surface area contributed by atoms with Crippen LogP contribution in [0.15, 0.2) is 70.3 Å². The Bertz CT molecular complexity index is 1100. The number of rotatable bonds is 4. The summed E-state index contributed by atoms with van der Waals surface area (Å²) in [6, 6.07) is 8.71. The van der Waals surface area contributed by atoms with Gasteiger partial charge in [-0.1, -0.05) is 18.7 Å². The van der Waals surface area contributed by atoms with Gasteiger partial charge in [0.05, 0.1) is 30.3 Å². The van der Waals surface area contributed by atoms with Crippen LogP contribution in [0.2, 0.25) is 0 Å². The molecule has 0 saturated carbocycles. The number of hydrogen-bond acceptors (Lipinski definition) is 3. The summed E-state index contributed by atoms with van der Waals surface area (Å²) < 4.78 is 58.3. The average molecular weight is 432 g/mol. The predicted octanol–water partition coefficient (Wildman–Crippen LogP) is 5.70. The molecule has 0 saturated heterocycles. The van der Waals surface area contributed by atoms with Crippen LogP contribution in [0.25, 0.3) is 5.70 Å². The summed E-state index contributed by atoms with van der Waals surface area (Å²) in [6.07, 6.45) is -2.97. The molecule has 162 valence electrons. The molecular weight excluding hydrogens is 412 g/mol. The zero-order valence-electron chi connectivity index (χ0n) is 17.1. The molecule has 1 N–H and O–H groups in total. The molecule has 0 radical (unpaired) electrons. The van der Waals surface area contributed by atoms with Gasteiger partial charge >= 0.3 is 6.18 Å². The fourth-order valence-corrected chi connectivity index (χ4v) is 2.86. The Morgan fingerprint density at radius 1 is 1.16 bits per heavy atom. The average Bonchev–Trinajstić information content (AvgIpc) is 2.72. The minimum absolute atomic E-state index is 0.0852. The Morgan fingerprint density at radius 3 is 2.55 bits per heavy atom. The molecule has 0 aliphatic carbocycles. The van der Waals surface area contributed by atoms with Crippen molar-refractivity contribution in [3.63, 3.8) is 0 Å². The summed E-state index contributed by atoms with van der Waals surface area (Å²) in [4.78, 5) is 8.51. The number of hydrazine groups is 1.